The van der Waals surface area contributed by atoms with Crippen molar-refractivity contribution in [2.24, 2.45) is 0 Å². The number of hydrogen-bond donors (Lipinski definition) is 1. The number of rotatable bonds is 8. The monoisotopic (exact) mass is 481 g/mol. The number of hydrogen-bond acceptors (Lipinski definition) is 5. The lowest BCUT2D eigenvalue weighted by Gasteiger charge is -2.37. The van der Waals surface area contributed by atoms with Crippen molar-refractivity contribution in [2.75, 3.05) is 39.3 Å². The van der Waals surface area contributed by atoms with E-state index in [-0.39, 0.29) is 18.4 Å². The van der Waals surface area contributed by atoms with E-state index < -0.39 is 6.10 Å². The molecule has 0 saturated carbocycles. The average Bonchev–Trinajstić information content (AvgIpc) is 2.93. The predicted octanol–water partition coefficient (Wildman–Crippen LogP) is 3.95. The number of β-amino-alcohol motifs (C(OH)–C–C–N with tert-alkyl or cyclic N) is 1. The fraction of sp³-hybridized carbons (Fsp3) is 0.267. The van der Waals surface area contributed by atoms with Crippen molar-refractivity contribution in [3.8, 4) is 5.75 Å². The molecular formula is C30H31N3O3. The van der Waals surface area contributed by atoms with Crippen molar-refractivity contribution >= 4 is 16.8 Å². The smallest absolute Gasteiger partial charge is 0.234 e. The molecule has 36 heavy (non-hydrogen) atoms. The number of pyridine rings is 1. The minimum atomic E-state index is -0.624. The summed E-state index contributed by atoms with van der Waals surface area (Å²) in [5.41, 5.74) is 2.88. The van der Waals surface area contributed by atoms with Crippen LogP contribution in [0.5, 0.6) is 5.75 Å². The van der Waals surface area contributed by atoms with Crippen LogP contribution in [0.4, 0.5) is 0 Å². The minimum absolute atomic E-state index is 0.125. The zero-order valence-electron chi connectivity index (χ0n) is 20.2. The summed E-state index contributed by atoms with van der Waals surface area (Å²) in [6.45, 7) is 3.42. The maximum Gasteiger partial charge on any atom is 0.234 e. The van der Waals surface area contributed by atoms with Crippen LogP contribution in [0.2, 0.25) is 0 Å². The molecule has 0 radical (unpaired) electrons. The van der Waals surface area contributed by atoms with Crippen molar-refractivity contribution in [3.05, 3.63) is 108 Å². The van der Waals surface area contributed by atoms with E-state index in [2.05, 4.69) is 9.88 Å². The Labute approximate surface area is 211 Å². The molecule has 1 atom stereocenters. The second-order valence-corrected chi connectivity index (χ2v) is 9.17. The Morgan fingerprint density at radius 3 is 2.17 bits per heavy atom. The highest BCUT2D eigenvalue weighted by Gasteiger charge is 2.30. The molecule has 6 nitrogen and oxygen atoms in total. The molecule has 1 N–H and O–H groups in total. The van der Waals surface area contributed by atoms with Crippen molar-refractivity contribution in [1.29, 1.82) is 0 Å². The summed E-state index contributed by atoms with van der Waals surface area (Å²) in [6.07, 6.45) is 1.13. The average molecular weight is 482 g/mol. The third-order valence-corrected chi connectivity index (χ3v) is 6.70. The molecule has 6 heteroatoms. The standard InChI is InChI=1S/C30H31N3O3/c34-25(22-36-28-15-7-14-27-26(28)13-8-16-31-27)21-32-17-19-33(20-18-32)30(35)29(23-9-3-1-4-10-23)24-11-5-2-6-12-24/h1-16,25,29,34H,17-22H2. The van der Waals surface area contributed by atoms with Gasteiger partial charge in [0, 0.05) is 44.3 Å². The SMILES string of the molecule is O=C(C(c1ccccc1)c1ccccc1)N1CCN(CC(O)COc2cccc3ncccc23)CC1. The third-order valence-electron chi connectivity index (χ3n) is 6.70. The molecule has 1 unspecified atom stereocenters. The van der Waals surface area contributed by atoms with Gasteiger partial charge in [-0.15, -0.1) is 0 Å². The minimum Gasteiger partial charge on any atom is -0.490 e. The number of carbonyl (C=O) groups is 1. The van der Waals surface area contributed by atoms with Gasteiger partial charge in [0.05, 0.1) is 11.4 Å². The Bertz CT molecular complexity index is 1230. The maximum atomic E-state index is 13.6. The number of fused-ring (bicyclic) bond motifs is 1. The Morgan fingerprint density at radius 1 is 0.833 bits per heavy atom. The molecule has 0 bridgehead atoms. The van der Waals surface area contributed by atoms with Crippen molar-refractivity contribution in [2.45, 2.75) is 12.0 Å². The number of carbonyl (C=O) groups excluding carboxylic acids is 1. The van der Waals surface area contributed by atoms with Gasteiger partial charge in [0.15, 0.2) is 0 Å². The second-order valence-electron chi connectivity index (χ2n) is 9.17. The summed E-state index contributed by atoms with van der Waals surface area (Å²) in [5, 5.41) is 11.6. The first-order chi connectivity index (χ1) is 17.7. The van der Waals surface area contributed by atoms with Gasteiger partial charge in [-0.05, 0) is 35.4 Å². The first-order valence-electron chi connectivity index (χ1n) is 12.4. The maximum absolute atomic E-state index is 13.6. The highest BCUT2D eigenvalue weighted by Crippen LogP contribution is 2.27. The van der Waals surface area contributed by atoms with Crippen molar-refractivity contribution in [3.63, 3.8) is 0 Å². The molecule has 1 amide bonds. The van der Waals surface area contributed by atoms with E-state index >= 15 is 0 Å². The molecule has 1 saturated heterocycles. The van der Waals surface area contributed by atoms with E-state index in [1.54, 1.807) is 6.20 Å². The molecule has 0 aliphatic carbocycles. The van der Waals surface area contributed by atoms with Crippen LogP contribution in [0.25, 0.3) is 10.9 Å². The second kappa shape index (κ2) is 11.3. The summed E-state index contributed by atoms with van der Waals surface area (Å²) in [5.74, 6) is 0.538. The van der Waals surface area contributed by atoms with E-state index in [9.17, 15) is 9.90 Å². The summed E-state index contributed by atoms with van der Waals surface area (Å²) in [6, 6.07) is 29.6. The number of aliphatic hydroxyl groups is 1. The topological polar surface area (TPSA) is 65.9 Å². The van der Waals surface area contributed by atoms with Crippen LogP contribution in [0.1, 0.15) is 17.0 Å². The zero-order chi connectivity index (χ0) is 24.7. The number of nitrogens with zero attached hydrogens (tertiary/aromatic N) is 3. The third kappa shape index (κ3) is 5.56. The number of aliphatic hydroxyl groups excluding tert-OH is 1. The van der Waals surface area contributed by atoms with Crippen LogP contribution in [0.15, 0.2) is 97.2 Å². The van der Waals surface area contributed by atoms with Gasteiger partial charge in [-0.1, -0.05) is 66.7 Å². The van der Waals surface area contributed by atoms with Crippen molar-refractivity contribution < 1.29 is 14.6 Å². The van der Waals surface area contributed by atoms with Crippen LogP contribution in [-0.2, 0) is 4.79 Å². The van der Waals surface area contributed by atoms with Crippen LogP contribution in [-0.4, -0.2) is 71.2 Å². The summed E-state index contributed by atoms with van der Waals surface area (Å²) < 4.78 is 5.93. The first-order valence-corrected chi connectivity index (χ1v) is 12.4. The lowest BCUT2D eigenvalue weighted by Crippen LogP contribution is -2.52. The predicted molar refractivity (Wildman–Crippen MR) is 141 cm³/mol. The quantitative estimate of drug-likeness (QED) is 0.413. The van der Waals surface area contributed by atoms with Crippen molar-refractivity contribution in [1.82, 2.24) is 14.8 Å². The molecule has 1 aliphatic rings. The lowest BCUT2D eigenvalue weighted by molar-refractivity contribution is -0.133. The lowest BCUT2D eigenvalue weighted by atomic mass is 9.90. The number of aromatic nitrogens is 1. The molecule has 184 valence electrons. The van der Waals surface area contributed by atoms with Crippen LogP contribution in [0, 0.1) is 0 Å². The zero-order valence-corrected chi connectivity index (χ0v) is 20.2. The highest BCUT2D eigenvalue weighted by molar-refractivity contribution is 5.87. The molecular weight excluding hydrogens is 450 g/mol. The molecule has 1 aromatic heterocycles. The van der Waals surface area contributed by atoms with Crippen LogP contribution in [0.3, 0.4) is 0 Å². The molecule has 1 fully saturated rings. The number of piperazine rings is 1. The summed E-state index contributed by atoms with van der Waals surface area (Å²) in [4.78, 5) is 22.1. The Kier molecular flexibility index (Phi) is 7.55. The fourth-order valence-corrected chi connectivity index (χ4v) is 4.84. The first kappa shape index (κ1) is 24.0. The number of amides is 1. The van der Waals surface area contributed by atoms with Crippen LogP contribution < -0.4 is 4.74 Å². The van der Waals surface area contributed by atoms with Gasteiger partial charge in [0.1, 0.15) is 18.5 Å². The van der Waals surface area contributed by atoms with Gasteiger partial charge < -0.3 is 14.7 Å². The van der Waals surface area contributed by atoms with Gasteiger partial charge in [0.2, 0.25) is 5.91 Å². The van der Waals surface area contributed by atoms with Crippen LogP contribution >= 0.6 is 0 Å². The highest BCUT2D eigenvalue weighted by atomic mass is 16.5. The molecule has 4 aromatic rings. The number of benzene rings is 3. The number of ether oxygens (including phenoxy) is 1. The molecule has 5 rings (SSSR count). The van der Waals surface area contributed by atoms with Gasteiger partial charge in [-0.25, -0.2) is 0 Å². The molecule has 1 aliphatic heterocycles. The Hall–Kier alpha value is -3.74. The van der Waals surface area contributed by atoms with E-state index in [0.29, 0.717) is 19.6 Å². The Balaban J connectivity index is 1.16. The largest absolute Gasteiger partial charge is 0.490 e. The van der Waals surface area contributed by atoms with E-state index in [4.69, 9.17) is 4.74 Å². The van der Waals surface area contributed by atoms with Gasteiger partial charge in [-0.3, -0.25) is 14.7 Å². The summed E-state index contributed by atoms with van der Waals surface area (Å²) >= 11 is 0. The van der Waals surface area contributed by atoms with Gasteiger partial charge >= 0.3 is 0 Å². The molecule has 3 aromatic carbocycles. The molecule has 0 spiro atoms. The van der Waals surface area contributed by atoms with Gasteiger partial charge in [-0.2, -0.15) is 0 Å². The van der Waals surface area contributed by atoms with Gasteiger partial charge in [0.25, 0.3) is 0 Å². The Morgan fingerprint density at radius 2 is 1.50 bits per heavy atom. The summed E-state index contributed by atoms with van der Waals surface area (Å²) in [7, 11) is 0. The van der Waals surface area contributed by atoms with E-state index in [1.807, 2.05) is 95.9 Å². The fourth-order valence-electron chi connectivity index (χ4n) is 4.84. The van der Waals surface area contributed by atoms with E-state index in [1.165, 1.54) is 0 Å². The van der Waals surface area contributed by atoms with E-state index in [0.717, 1.165) is 40.9 Å². The molecule has 2 heterocycles. The normalized spacial score (nSPS) is 15.2.